The van der Waals surface area contributed by atoms with Gasteiger partial charge < -0.3 is 9.22 Å². The summed E-state index contributed by atoms with van der Waals surface area (Å²) in [6.07, 6.45) is 0. The molecule has 0 spiro atoms. The highest BCUT2D eigenvalue weighted by Crippen LogP contribution is 1.53. The van der Waals surface area contributed by atoms with Gasteiger partial charge >= 0.3 is 0 Å². The van der Waals surface area contributed by atoms with Gasteiger partial charge in [-0.25, -0.2) is 0 Å². The van der Waals surface area contributed by atoms with E-state index in [1.165, 1.54) is 0 Å². The lowest BCUT2D eigenvalue weighted by Gasteiger charge is -1.80. The smallest absolute Gasteiger partial charge is 0.299 e. The van der Waals surface area contributed by atoms with Crippen LogP contribution < -0.4 is 0 Å². The monoisotopic (exact) mass is 130 g/mol. The molecule has 0 aromatic rings. The first kappa shape index (κ1) is 6.97. The van der Waals surface area contributed by atoms with Gasteiger partial charge in [0.15, 0.2) is 0 Å². The van der Waals surface area contributed by atoms with Crippen LogP contribution in [-0.4, -0.2) is 30.7 Å². The molecular weight excluding hydrogens is 124 g/mol. The van der Waals surface area contributed by atoms with E-state index in [-0.39, 0.29) is 15.8 Å². The van der Waals surface area contributed by atoms with Gasteiger partial charge in [-0.05, 0) is 6.55 Å². The van der Waals surface area contributed by atoms with Crippen molar-refractivity contribution >= 4 is 19.0 Å². The Morgan fingerprint density at radius 3 is 3.00 bits per heavy atom. The van der Waals surface area contributed by atoms with E-state index in [0.29, 0.717) is 9.76 Å². The summed E-state index contributed by atoms with van der Waals surface area (Å²) >= 11 is 0. The molecule has 2 nitrogen and oxygen atoms in total. The number of hydrogen-bond acceptors (Lipinski definition) is 2. The molecule has 2 radical (unpaired) electrons. The third-order valence-electron chi connectivity index (χ3n) is 0.304. The predicted octanol–water partition coefficient (Wildman–Crippen LogP) is -0.759. The summed E-state index contributed by atoms with van der Waals surface area (Å²) in [5.74, 6) is 0. The maximum atomic E-state index is 8.11. The van der Waals surface area contributed by atoms with Crippen molar-refractivity contribution in [3.05, 3.63) is 0 Å². The van der Waals surface area contributed by atoms with E-state index in [4.69, 9.17) is 9.22 Å². The minimum absolute atomic E-state index is 0.00290. The van der Waals surface area contributed by atoms with Gasteiger partial charge in [-0.2, -0.15) is 0 Å². The fourth-order valence-electron chi connectivity index (χ4n) is 0.119. The lowest BCUT2D eigenvalue weighted by Crippen LogP contribution is -1.89. The van der Waals surface area contributed by atoms with Crippen molar-refractivity contribution in [1.29, 1.82) is 0 Å². The molecule has 0 saturated carbocycles. The molecule has 1 N–H and O–H groups in total. The van der Waals surface area contributed by atoms with Crippen LogP contribution in [0.2, 0.25) is 6.55 Å². The largest absolute Gasteiger partial charge is 0.556 e. The number of rotatable bonds is 1. The van der Waals surface area contributed by atoms with Crippen LogP contribution in [0.1, 0.15) is 0 Å². The molecule has 0 heterocycles. The molecule has 38 valence electrons. The molecule has 0 saturated heterocycles. The van der Waals surface area contributed by atoms with Crippen LogP contribution >= 0.6 is 0 Å². The molecule has 0 rings (SSSR count). The zero-order chi connectivity index (χ0) is 5.54. The zero-order valence-corrected chi connectivity index (χ0v) is 6.06. The van der Waals surface area contributed by atoms with Gasteiger partial charge in [0.25, 0.3) is 9.76 Å². The van der Waals surface area contributed by atoms with Crippen molar-refractivity contribution in [3.63, 3.8) is 0 Å². The molecule has 0 aromatic carbocycles. The molecule has 0 bridgehead atoms. The first-order valence-electron chi connectivity index (χ1n) is 1.83. The van der Waals surface area contributed by atoms with Crippen molar-refractivity contribution in [3.8, 4) is 5.50 Å². The summed E-state index contributed by atoms with van der Waals surface area (Å²) < 4.78 is 4.86. The number of aliphatic hydroxyl groups is 1. The third kappa shape index (κ3) is 5.97. The van der Waals surface area contributed by atoms with Crippen molar-refractivity contribution in [2.45, 2.75) is 6.55 Å². The van der Waals surface area contributed by atoms with E-state index in [1.807, 2.05) is 6.55 Å². The Balaban J connectivity index is 2.91. The lowest BCUT2D eigenvalue weighted by atomic mass is 10.9. The molecule has 7 heavy (non-hydrogen) atoms. The van der Waals surface area contributed by atoms with Crippen molar-refractivity contribution in [1.82, 2.24) is 0 Å². The van der Waals surface area contributed by atoms with Crippen LogP contribution in [-0.2, 0) is 4.12 Å². The minimum atomic E-state index is 0.00290. The summed E-state index contributed by atoms with van der Waals surface area (Å²) in [6.45, 7) is 1.94. The standard InChI is InChI=1S/C3H6O2Si2/c1-6-5-7-3-2-4/h4H,2H2,1H3. The molecule has 0 aliphatic heterocycles. The van der Waals surface area contributed by atoms with Gasteiger partial charge in [-0.15, -0.1) is 0 Å². The average Bonchev–Trinajstić information content (AvgIpc) is 1.69. The SMILES string of the molecule is C[Si]O[Si]#CCO. The fraction of sp³-hybridized carbons (Fsp3) is 0.667. The Morgan fingerprint density at radius 1 is 1.86 bits per heavy atom. The van der Waals surface area contributed by atoms with E-state index < -0.39 is 0 Å². The highest BCUT2D eigenvalue weighted by molar-refractivity contribution is 6.36. The quantitative estimate of drug-likeness (QED) is 0.473. The number of aliphatic hydroxyl groups excluding tert-OH is 1. The lowest BCUT2D eigenvalue weighted by molar-refractivity contribution is 0.351. The maximum absolute atomic E-state index is 8.11. The van der Waals surface area contributed by atoms with Gasteiger partial charge in [0.1, 0.15) is 0 Å². The highest BCUT2D eigenvalue weighted by Gasteiger charge is 1.68. The second-order valence-corrected chi connectivity index (χ2v) is 2.53. The Bertz CT molecular complexity index is 82.7. The minimum Gasteiger partial charge on any atom is -0.556 e. The van der Waals surface area contributed by atoms with Crippen LogP contribution in [0.4, 0.5) is 0 Å². The molecular formula is C3H6O2Si2. The van der Waals surface area contributed by atoms with Crippen LogP contribution in [0.15, 0.2) is 0 Å². The summed E-state index contributed by atoms with van der Waals surface area (Å²) in [6, 6.07) is 0. The average molecular weight is 130 g/mol. The molecule has 0 aliphatic rings. The number of hydrogen-bond donors (Lipinski definition) is 1. The zero-order valence-electron chi connectivity index (χ0n) is 4.06. The normalized spacial score (nSPS) is 6.57. The van der Waals surface area contributed by atoms with E-state index in [0.717, 1.165) is 0 Å². The third-order valence-corrected chi connectivity index (χ3v) is 1.83. The van der Waals surface area contributed by atoms with Gasteiger partial charge in [-0.3, -0.25) is 0 Å². The summed E-state index contributed by atoms with van der Waals surface area (Å²) in [5, 5.41) is 8.11. The molecule has 4 heteroatoms. The highest BCUT2D eigenvalue weighted by atomic mass is 28.3. The van der Waals surface area contributed by atoms with Crippen molar-refractivity contribution in [2.75, 3.05) is 6.61 Å². The van der Waals surface area contributed by atoms with Crippen LogP contribution in [0.5, 0.6) is 0 Å². The molecule has 0 aliphatic carbocycles. The maximum Gasteiger partial charge on any atom is 0.299 e. The Kier molecular flexibility index (Phi) is 5.95. The van der Waals surface area contributed by atoms with Crippen LogP contribution in [0.3, 0.4) is 0 Å². The van der Waals surface area contributed by atoms with E-state index in [9.17, 15) is 0 Å². The summed E-state index contributed by atoms with van der Waals surface area (Å²) in [4.78, 5) is 0. The fourth-order valence-corrected chi connectivity index (χ4v) is 0.881. The van der Waals surface area contributed by atoms with Crippen LogP contribution in [0, 0.1) is 5.50 Å². The Labute approximate surface area is 47.7 Å². The second kappa shape index (κ2) is 5.97. The summed E-state index contributed by atoms with van der Waals surface area (Å²) in [5.41, 5.74) is 2.62. The van der Waals surface area contributed by atoms with Gasteiger partial charge in [0.05, 0.1) is 6.61 Å². The summed E-state index contributed by atoms with van der Waals surface area (Å²) in [7, 11) is 0.751. The van der Waals surface area contributed by atoms with Crippen LogP contribution in [0.25, 0.3) is 0 Å². The van der Waals surface area contributed by atoms with E-state index >= 15 is 0 Å². The molecule has 0 unspecified atom stereocenters. The molecule has 0 aromatic heterocycles. The Hall–Kier alpha value is -0.0262. The van der Waals surface area contributed by atoms with Gasteiger partial charge in [0, 0.05) is 0 Å². The van der Waals surface area contributed by atoms with Gasteiger partial charge in [0.2, 0.25) is 9.20 Å². The first-order valence-corrected chi connectivity index (χ1v) is 4.14. The van der Waals surface area contributed by atoms with Crippen molar-refractivity contribution in [2.24, 2.45) is 0 Å². The van der Waals surface area contributed by atoms with Crippen molar-refractivity contribution < 1.29 is 9.22 Å². The first-order chi connectivity index (χ1) is 3.41. The molecule has 0 fully saturated rings. The van der Waals surface area contributed by atoms with E-state index in [1.54, 1.807) is 0 Å². The molecule has 0 atom stereocenters. The predicted molar refractivity (Wildman–Crippen MR) is 29.4 cm³/mol. The topological polar surface area (TPSA) is 29.5 Å². The van der Waals surface area contributed by atoms with E-state index in [2.05, 4.69) is 5.50 Å². The van der Waals surface area contributed by atoms with Gasteiger partial charge in [-0.1, -0.05) is 5.50 Å². The molecule has 0 amide bonds. The Morgan fingerprint density at radius 2 is 2.57 bits per heavy atom. The second-order valence-electron chi connectivity index (χ2n) is 0.743.